The minimum absolute atomic E-state index is 0.0265. The van der Waals surface area contributed by atoms with Crippen molar-refractivity contribution in [3.8, 4) is 0 Å². The number of urea groups is 1. The molecule has 7 heteroatoms. The standard InChI is InChI=1S/C14H19BrN4O2/c1-9-4-6-19(7-5-9)14(20)17-12-3-2-10(8-11(12)15)13(16)18-21/h2-3,8-9,21H,4-7H2,1H3,(H2,16,18)(H,17,20). The number of amidine groups is 1. The molecule has 1 aliphatic heterocycles. The number of amides is 2. The van der Waals surface area contributed by atoms with Crippen LogP contribution in [0.3, 0.4) is 0 Å². The molecule has 2 rings (SSSR count). The minimum atomic E-state index is -0.0980. The smallest absolute Gasteiger partial charge is 0.321 e. The number of rotatable bonds is 2. The Morgan fingerprint density at radius 2 is 2.14 bits per heavy atom. The lowest BCUT2D eigenvalue weighted by Crippen LogP contribution is -2.40. The summed E-state index contributed by atoms with van der Waals surface area (Å²) in [5.41, 5.74) is 6.77. The molecule has 1 aromatic carbocycles. The SMILES string of the molecule is CC1CCN(C(=O)Nc2ccc(/C(N)=N/O)cc2Br)CC1. The highest BCUT2D eigenvalue weighted by atomic mass is 79.9. The van der Waals surface area contributed by atoms with Gasteiger partial charge in [-0.2, -0.15) is 0 Å². The van der Waals surface area contributed by atoms with E-state index in [1.165, 1.54) is 0 Å². The number of carbonyl (C=O) groups excluding carboxylic acids is 1. The lowest BCUT2D eigenvalue weighted by Gasteiger charge is -2.30. The third-order valence-electron chi connectivity index (χ3n) is 3.69. The fourth-order valence-corrected chi connectivity index (χ4v) is 2.72. The van der Waals surface area contributed by atoms with Gasteiger partial charge in [-0.15, -0.1) is 0 Å². The lowest BCUT2D eigenvalue weighted by atomic mass is 10.00. The van der Waals surface area contributed by atoms with E-state index in [0.717, 1.165) is 25.9 Å². The number of piperidine rings is 1. The van der Waals surface area contributed by atoms with Crippen molar-refractivity contribution in [2.75, 3.05) is 18.4 Å². The van der Waals surface area contributed by atoms with Gasteiger partial charge < -0.3 is 21.2 Å². The van der Waals surface area contributed by atoms with Crippen molar-refractivity contribution in [3.05, 3.63) is 28.2 Å². The van der Waals surface area contributed by atoms with E-state index in [9.17, 15) is 4.79 Å². The molecular formula is C14H19BrN4O2. The molecule has 0 aromatic heterocycles. The molecule has 114 valence electrons. The van der Waals surface area contributed by atoms with Crippen LogP contribution in [-0.2, 0) is 0 Å². The first-order valence-electron chi connectivity index (χ1n) is 6.84. The summed E-state index contributed by atoms with van der Waals surface area (Å²) in [5.74, 6) is 0.708. The molecule has 2 amide bonds. The van der Waals surface area contributed by atoms with E-state index in [0.29, 0.717) is 21.6 Å². The number of benzene rings is 1. The normalized spacial score (nSPS) is 16.9. The van der Waals surface area contributed by atoms with Gasteiger partial charge in [-0.05, 0) is 52.9 Å². The highest BCUT2D eigenvalue weighted by molar-refractivity contribution is 9.10. The van der Waals surface area contributed by atoms with E-state index in [2.05, 4.69) is 33.3 Å². The molecule has 0 atom stereocenters. The van der Waals surface area contributed by atoms with E-state index in [1.54, 1.807) is 18.2 Å². The van der Waals surface area contributed by atoms with Gasteiger partial charge in [0.15, 0.2) is 5.84 Å². The summed E-state index contributed by atoms with van der Waals surface area (Å²) in [6.07, 6.45) is 2.08. The Balaban J connectivity index is 2.04. The Bertz CT molecular complexity index is 554. The van der Waals surface area contributed by atoms with Crippen LogP contribution >= 0.6 is 15.9 Å². The zero-order valence-corrected chi connectivity index (χ0v) is 13.4. The average Bonchev–Trinajstić information content (AvgIpc) is 2.49. The van der Waals surface area contributed by atoms with Gasteiger partial charge in [-0.1, -0.05) is 12.1 Å². The van der Waals surface area contributed by atoms with Gasteiger partial charge in [0.1, 0.15) is 0 Å². The molecule has 1 fully saturated rings. The minimum Gasteiger partial charge on any atom is -0.409 e. The van der Waals surface area contributed by atoms with Crippen LogP contribution in [0, 0.1) is 5.92 Å². The number of nitrogens with zero attached hydrogens (tertiary/aromatic N) is 2. The van der Waals surface area contributed by atoms with Crippen LogP contribution in [0.25, 0.3) is 0 Å². The molecule has 1 aliphatic rings. The maximum absolute atomic E-state index is 12.2. The number of halogens is 1. The number of anilines is 1. The highest BCUT2D eigenvalue weighted by Gasteiger charge is 2.20. The van der Waals surface area contributed by atoms with Gasteiger partial charge in [0, 0.05) is 23.1 Å². The summed E-state index contributed by atoms with van der Waals surface area (Å²) in [7, 11) is 0. The van der Waals surface area contributed by atoms with Crippen LogP contribution in [0.1, 0.15) is 25.3 Å². The summed E-state index contributed by atoms with van der Waals surface area (Å²) in [4.78, 5) is 14.0. The molecule has 0 unspecified atom stereocenters. The molecule has 0 spiro atoms. The van der Waals surface area contributed by atoms with Crippen LogP contribution in [0.2, 0.25) is 0 Å². The highest BCUT2D eigenvalue weighted by Crippen LogP contribution is 2.25. The Labute approximate surface area is 132 Å². The number of likely N-dealkylation sites (tertiary alicyclic amines) is 1. The number of nitrogens with one attached hydrogen (secondary N) is 1. The van der Waals surface area contributed by atoms with Crippen molar-refractivity contribution < 1.29 is 10.0 Å². The maximum atomic E-state index is 12.2. The second-order valence-electron chi connectivity index (χ2n) is 5.28. The summed E-state index contributed by atoms with van der Waals surface area (Å²) < 4.78 is 0.685. The van der Waals surface area contributed by atoms with Crippen LogP contribution < -0.4 is 11.1 Å². The first kappa shape index (κ1) is 15.6. The Morgan fingerprint density at radius 3 is 2.71 bits per heavy atom. The first-order chi connectivity index (χ1) is 10.0. The predicted molar refractivity (Wildman–Crippen MR) is 85.6 cm³/mol. The monoisotopic (exact) mass is 354 g/mol. The average molecular weight is 355 g/mol. The van der Waals surface area contributed by atoms with Gasteiger partial charge in [0.05, 0.1) is 5.69 Å². The van der Waals surface area contributed by atoms with E-state index < -0.39 is 0 Å². The first-order valence-corrected chi connectivity index (χ1v) is 7.64. The molecule has 0 bridgehead atoms. The van der Waals surface area contributed by atoms with Gasteiger partial charge in [-0.3, -0.25) is 0 Å². The topological polar surface area (TPSA) is 91.0 Å². The Kier molecular flexibility index (Phi) is 5.06. The van der Waals surface area contributed by atoms with Crippen molar-refractivity contribution in [2.24, 2.45) is 16.8 Å². The second-order valence-corrected chi connectivity index (χ2v) is 6.13. The zero-order chi connectivity index (χ0) is 15.4. The van der Waals surface area contributed by atoms with E-state index in [1.807, 2.05) is 4.90 Å². The second kappa shape index (κ2) is 6.80. The molecule has 0 saturated carbocycles. The number of hydrogen-bond donors (Lipinski definition) is 3. The lowest BCUT2D eigenvalue weighted by molar-refractivity contribution is 0.186. The summed E-state index contributed by atoms with van der Waals surface area (Å²) in [5, 5.41) is 14.5. The quantitative estimate of drug-likeness (QED) is 0.330. The van der Waals surface area contributed by atoms with Crippen molar-refractivity contribution >= 4 is 33.5 Å². The molecule has 0 aliphatic carbocycles. The Hall–Kier alpha value is -1.76. The summed E-state index contributed by atoms with van der Waals surface area (Å²) in [6, 6.07) is 5.01. The number of carbonyl (C=O) groups is 1. The van der Waals surface area contributed by atoms with E-state index in [4.69, 9.17) is 10.9 Å². The number of hydrogen-bond acceptors (Lipinski definition) is 3. The molecule has 6 nitrogen and oxygen atoms in total. The van der Waals surface area contributed by atoms with Gasteiger partial charge in [0.25, 0.3) is 0 Å². The van der Waals surface area contributed by atoms with E-state index in [-0.39, 0.29) is 11.9 Å². The number of oxime groups is 1. The van der Waals surface area contributed by atoms with Crippen molar-refractivity contribution in [1.29, 1.82) is 0 Å². The third-order valence-corrected chi connectivity index (χ3v) is 4.34. The van der Waals surface area contributed by atoms with Crippen LogP contribution in [0.15, 0.2) is 27.8 Å². The van der Waals surface area contributed by atoms with Gasteiger partial charge in [0.2, 0.25) is 0 Å². The van der Waals surface area contributed by atoms with Crippen molar-refractivity contribution in [3.63, 3.8) is 0 Å². The zero-order valence-electron chi connectivity index (χ0n) is 11.8. The predicted octanol–water partition coefficient (Wildman–Crippen LogP) is 2.81. The fourth-order valence-electron chi connectivity index (χ4n) is 2.24. The summed E-state index contributed by atoms with van der Waals surface area (Å²) >= 11 is 3.38. The maximum Gasteiger partial charge on any atom is 0.321 e. The molecular weight excluding hydrogens is 336 g/mol. The van der Waals surface area contributed by atoms with Crippen LogP contribution in [0.5, 0.6) is 0 Å². The Morgan fingerprint density at radius 1 is 1.48 bits per heavy atom. The van der Waals surface area contributed by atoms with Crippen molar-refractivity contribution in [1.82, 2.24) is 4.90 Å². The van der Waals surface area contributed by atoms with E-state index >= 15 is 0 Å². The summed E-state index contributed by atoms with van der Waals surface area (Å²) in [6.45, 7) is 3.78. The largest absolute Gasteiger partial charge is 0.409 e. The molecule has 1 aromatic rings. The molecule has 1 saturated heterocycles. The molecule has 0 radical (unpaired) electrons. The van der Waals surface area contributed by atoms with Gasteiger partial charge >= 0.3 is 6.03 Å². The third kappa shape index (κ3) is 3.87. The van der Waals surface area contributed by atoms with Crippen molar-refractivity contribution in [2.45, 2.75) is 19.8 Å². The molecule has 4 N–H and O–H groups in total. The van der Waals surface area contributed by atoms with Gasteiger partial charge in [-0.25, -0.2) is 4.79 Å². The fraction of sp³-hybridized carbons (Fsp3) is 0.429. The molecule has 21 heavy (non-hydrogen) atoms. The molecule has 1 heterocycles. The number of nitrogens with two attached hydrogens (primary N) is 1. The van der Waals surface area contributed by atoms with Crippen LogP contribution in [-0.4, -0.2) is 35.1 Å². The van der Waals surface area contributed by atoms with Crippen LogP contribution in [0.4, 0.5) is 10.5 Å².